The average molecular weight is 477 g/mol. The number of likely N-dealkylation sites (tertiary alicyclic amines) is 1. The predicted molar refractivity (Wildman–Crippen MR) is 139 cm³/mol. The topological polar surface area (TPSA) is 44.1 Å². The lowest BCUT2D eigenvalue weighted by molar-refractivity contribution is -0.139. The van der Waals surface area contributed by atoms with E-state index in [-0.39, 0.29) is 16.2 Å². The first-order valence-corrected chi connectivity index (χ1v) is 13.1. The van der Waals surface area contributed by atoms with Gasteiger partial charge >= 0.3 is 0 Å². The van der Waals surface area contributed by atoms with Gasteiger partial charge in [-0.1, -0.05) is 69.1 Å². The highest BCUT2D eigenvalue weighted by Gasteiger charge is 2.68. The monoisotopic (exact) mass is 476 g/mol. The molecule has 1 saturated carbocycles. The van der Waals surface area contributed by atoms with Crippen molar-refractivity contribution in [1.82, 2.24) is 4.90 Å². The number of nitriles is 1. The van der Waals surface area contributed by atoms with Gasteiger partial charge in [-0.2, -0.15) is 5.26 Å². The lowest BCUT2D eigenvalue weighted by Crippen LogP contribution is -2.40. The summed E-state index contributed by atoms with van der Waals surface area (Å²) in [5.41, 5.74) is 4.61. The summed E-state index contributed by atoms with van der Waals surface area (Å²) < 4.78 is 0. The molecule has 0 aromatic heterocycles. The number of benzene rings is 2. The summed E-state index contributed by atoms with van der Waals surface area (Å²) >= 11 is 6.32. The van der Waals surface area contributed by atoms with Crippen molar-refractivity contribution in [2.24, 2.45) is 16.2 Å². The molecule has 34 heavy (non-hydrogen) atoms. The van der Waals surface area contributed by atoms with Crippen molar-refractivity contribution in [2.75, 3.05) is 13.1 Å². The Morgan fingerprint density at radius 2 is 2.00 bits per heavy atom. The molecule has 1 unspecified atom stereocenters. The van der Waals surface area contributed by atoms with E-state index >= 15 is 0 Å². The molecule has 3 nitrogen and oxygen atoms in total. The van der Waals surface area contributed by atoms with Crippen LogP contribution in [0.3, 0.4) is 0 Å². The normalized spacial score (nSPS) is 23.8. The van der Waals surface area contributed by atoms with E-state index in [1.54, 1.807) is 0 Å². The molecule has 2 aromatic rings. The quantitative estimate of drug-likeness (QED) is 0.406. The van der Waals surface area contributed by atoms with Gasteiger partial charge in [-0.05, 0) is 85.1 Å². The number of rotatable bonds is 8. The summed E-state index contributed by atoms with van der Waals surface area (Å²) in [4.78, 5) is 15.5. The summed E-state index contributed by atoms with van der Waals surface area (Å²) in [6.07, 6.45) is 7.31. The average Bonchev–Trinajstić information content (AvgIpc) is 3.17. The number of hydrogen-bond donors (Lipinski definition) is 0. The second kappa shape index (κ2) is 9.38. The van der Waals surface area contributed by atoms with Crippen LogP contribution >= 0.6 is 11.6 Å². The van der Waals surface area contributed by atoms with Crippen LogP contribution in [-0.4, -0.2) is 23.9 Å². The maximum atomic E-state index is 13.4. The maximum Gasteiger partial charge on any atom is 0.228 e. The van der Waals surface area contributed by atoms with E-state index in [4.69, 9.17) is 11.6 Å². The molecule has 2 aromatic carbocycles. The number of aryl methyl sites for hydroxylation is 2. The zero-order valence-corrected chi connectivity index (χ0v) is 21.8. The molecule has 1 spiro atoms. The number of nitrogens with zero attached hydrogens (tertiary/aromatic N) is 2. The molecule has 4 rings (SSSR count). The number of hydrogen-bond acceptors (Lipinski definition) is 2. The van der Waals surface area contributed by atoms with E-state index in [1.807, 2.05) is 18.2 Å². The summed E-state index contributed by atoms with van der Waals surface area (Å²) in [5, 5.41) is 9.74. The molecule has 0 radical (unpaired) electrons. The third-order valence-corrected chi connectivity index (χ3v) is 8.92. The van der Waals surface area contributed by atoms with Crippen molar-refractivity contribution in [1.29, 1.82) is 5.26 Å². The van der Waals surface area contributed by atoms with Crippen LogP contribution in [0.2, 0.25) is 5.02 Å². The second-order valence-corrected chi connectivity index (χ2v) is 11.8. The Balaban J connectivity index is 1.56. The first-order chi connectivity index (χ1) is 16.2. The highest BCUT2D eigenvalue weighted by Crippen LogP contribution is 2.71. The minimum atomic E-state index is -0.285. The molecule has 1 aliphatic heterocycles. The van der Waals surface area contributed by atoms with E-state index in [2.05, 4.69) is 62.9 Å². The lowest BCUT2D eigenvalue weighted by atomic mass is 9.81. The largest absolute Gasteiger partial charge is 0.342 e. The van der Waals surface area contributed by atoms with Crippen LogP contribution in [0.5, 0.6) is 0 Å². The van der Waals surface area contributed by atoms with Crippen molar-refractivity contribution >= 4 is 17.5 Å². The molecule has 4 heteroatoms. The van der Waals surface area contributed by atoms with Crippen LogP contribution in [0.15, 0.2) is 42.5 Å². The fourth-order valence-electron chi connectivity index (χ4n) is 6.44. The summed E-state index contributed by atoms with van der Waals surface area (Å²) in [6.45, 7) is 10.3. The van der Waals surface area contributed by atoms with Crippen molar-refractivity contribution in [3.63, 3.8) is 0 Å². The highest BCUT2D eigenvalue weighted by molar-refractivity contribution is 6.31. The van der Waals surface area contributed by atoms with Gasteiger partial charge in [0.25, 0.3) is 0 Å². The molecule has 2 fully saturated rings. The molecule has 1 heterocycles. The van der Waals surface area contributed by atoms with Crippen LogP contribution in [0, 0.1) is 34.5 Å². The van der Waals surface area contributed by atoms with Crippen LogP contribution in [0.1, 0.15) is 75.1 Å². The molecule has 2 aliphatic rings. The number of amides is 1. The molecule has 1 saturated heterocycles. The maximum absolute atomic E-state index is 13.4. The van der Waals surface area contributed by atoms with E-state index in [9.17, 15) is 10.1 Å². The van der Waals surface area contributed by atoms with Gasteiger partial charge in [0.05, 0.1) is 10.6 Å². The Kier molecular flexibility index (Phi) is 6.85. The molecule has 1 amide bonds. The van der Waals surface area contributed by atoms with Gasteiger partial charge in [-0.25, -0.2) is 0 Å². The third-order valence-electron chi connectivity index (χ3n) is 8.61. The van der Waals surface area contributed by atoms with Gasteiger partial charge < -0.3 is 4.90 Å². The van der Waals surface area contributed by atoms with E-state index in [0.29, 0.717) is 16.5 Å². The van der Waals surface area contributed by atoms with Gasteiger partial charge in [0, 0.05) is 18.5 Å². The zero-order chi connectivity index (χ0) is 24.6. The van der Waals surface area contributed by atoms with Crippen LogP contribution < -0.4 is 0 Å². The highest BCUT2D eigenvalue weighted by atomic mass is 35.5. The lowest BCUT2D eigenvalue weighted by Gasteiger charge is -2.30. The van der Waals surface area contributed by atoms with Gasteiger partial charge in [0.15, 0.2) is 0 Å². The first-order valence-electron chi connectivity index (χ1n) is 12.7. The van der Waals surface area contributed by atoms with Crippen molar-refractivity contribution < 1.29 is 4.79 Å². The van der Waals surface area contributed by atoms with Gasteiger partial charge in [-0.3, -0.25) is 4.79 Å². The molecule has 1 aliphatic carbocycles. The fraction of sp³-hybridized carbons (Fsp3) is 0.533. The Hall–Kier alpha value is -2.31. The standard InChI is InChI=1S/C30H37ClN2O/c1-5-13-28(3,4)27(34)33-16-15-30(21-33)20-29(30,18-24-9-7-6-8-22(24)2)14-12-23-10-11-25(19-32)26(31)17-23/h6-11,17H,5,12-16,18,20-21H2,1-4H3/t29-,30?/m1/s1. The second-order valence-electron chi connectivity index (χ2n) is 11.4. The predicted octanol–water partition coefficient (Wildman–Crippen LogP) is 7.13. The Bertz CT molecular complexity index is 1120. The summed E-state index contributed by atoms with van der Waals surface area (Å²) in [5.74, 6) is 0.321. The molecule has 0 bridgehead atoms. The fourth-order valence-corrected chi connectivity index (χ4v) is 6.69. The minimum Gasteiger partial charge on any atom is -0.342 e. The van der Waals surface area contributed by atoms with E-state index < -0.39 is 0 Å². The van der Waals surface area contributed by atoms with Gasteiger partial charge in [-0.15, -0.1) is 0 Å². The molecular weight excluding hydrogens is 440 g/mol. The van der Waals surface area contributed by atoms with Crippen molar-refractivity contribution in [2.45, 2.75) is 72.6 Å². The van der Waals surface area contributed by atoms with Crippen molar-refractivity contribution in [3.8, 4) is 6.07 Å². The Labute approximate surface area is 210 Å². The molecule has 180 valence electrons. The Morgan fingerprint density at radius 1 is 1.24 bits per heavy atom. The Morgan fingerprint density at radius 3 is 2.68 bits per heavy atom. The number of halogens is 1. The SMILES string of the molecule is CCCC(C)(C)C(=O)N1CCC2(C1)C[C@@]2(CCc1ccc(C#N)c(Cl)c1)Cc1ccccc1C. The molecular formula is C30H37ClN2O. The zero-order valence-electron chi connectivity index (χ0n) is 21.1. The number of carbonyl (C=O) groups is 1. The van der Waals surface area contributed by atoms with Gasteiger partial charge in [0.2, 0.25) is 5.91 Å². The van der Waals surface area contributed by atoms with Gasteiger partial charge in [0.1, 0.15) is 6.07 Å². The smallest absolute Gasteiger partial charge is 0.228 e. The first kappa shape index (κ1) is 24.8. The number of carbonyl (C=O) groups excluding carboxylic acids is 1. The van der Waals surface area contributed by atoms with Crippen LogP contribution in [0.4, 0.5) is 0 Å². The van der Waals surface area contributed by atoms with Crippen LogP contribution in [0.25, 0.3) is 0 Å². The summed E-state index contributed by atoms with van der Waals surface area (Å²) in [6, 6.07) is 16.7. The molecule has 2 atom stereocenters. The van der Waals surface area contributed by atoms with Crippen LogP contribution in [-0.2, 0) is 17.6 Å². The van der Waals surface area contributed by atoms with E-state index in [1.165, 1.54) is 23.1 Å². The van der Waals surface area contributed by atoms with Crippen molar-refractivity contribution in [3.05, 3.63) is 69.7 Å². The third kappa shape index (κ3) is 4.63. The summed E-state index contributed by atoms with van der Waals surface area (Å²) in [7, 11) is 0. The minimum absolute atomic E-state index is 0.198. The van der Waals surface area contributed by atoms with E-state index in [0.717, 1.165) is 51.6 Å². The molecule has 0 N–H and O–H groups in total.